The molecule has 0 saturated carbocycles. The van der Waals surface area contributed by atoms with Crippen LogP contribution in [0.2, 0.25) is 0 Å². The van der Waals surface area contributed by atoms with Gasteiger partial charge >= 0.3 is 12.0 Å². The first-order valence-electron chi connectivity index (χ1n) is 6.17. The van der Waals surface area contributed by atoms with Gasteiger partial charge in [-0.25, -0.2) is 9.80 Å². The third-order valence-electron chi connectivity index (χ3n) is 3.32. The zero-order valence-electron chi connectivity index (χ0n) is 9.89. The lowest BCUT2D eigenvalue weighted by Gasteiger charge is -2.40. The second-order valence-electron chi connectivity index (χ2n) is 4.83. The third kappa shape index (κ3) is 3.33. The van der Waals surface area contributed by atoms with E-state index >= 15 is 0 Å². The Bertz CT molecular complexity index is 296. The van der Waals surface area contributed by atoms with E-state index < -0.39 is 5.97 Å². The van der Waals surface area contributed by atoms with Crippen molar-refractivity contribution in [3.8, 4) is 0 Å². The molecule has 96 valence electrons. The molecule has 2 amide bonds. The average Bonchev–Trinajstić information content (AvgIpc) is 2.23. The van der Waals surface area contributed by atoms with Crippen LogP contribution in [0, 0.1) is 5.92 Å². The molecule has 2 heterocycles. The number of nitrogens with zero attached hydrogens (tertiary/aromatic N) is 2. The fraction of sp³-hybridized carbons (Fsp3) is 0.818. The number of likely N-dealkylation sites (tertiary alicyclic amines) is 1. The van der Waals surface area contributed by atoms with Gasteiger partial charge in [-0.2, -0.15) is 0 Å². The van der Waals surface area contributed by atoms with Crippen LogP contribution in [0.15, 0.2) is 0 Å². The van der Waals surface area contributed by atoms with Crippen LogP contribution in [0.25, 0.3) is 0 Å². The normalized spacial score (nSPS) is 22.0. The first kappa shape index (κ1) is 12.2. The number of piperidine rings is 1. The smallest absolute Gasteiger partial charge is 0.331 e. The van der Waals surface area contributed by atoms with E-state index in [0.717, 1.165) is 25.9 Å². The Balaban J connectivity index is 1.66. The van der Waals surface area contributed by atoms with Gasteiger partial charge in [0, 0.05) is 32.1 Å². The summed E-state index contributed by atoms with van der Waals surface area (Å²) in [5, 5.41) is 10.6. The molecule has 0 spiro atoms. The van der Waals surface area contributed by atoms with Crippen molar-refractivity contribution in [2.24, 2.45) is 5.92 Å². The van der Waals surface area contributed by atoms with Gasteiger partial charge in [0.05, 0.1) is 6.42 Å². The number of hydrazine groups is 1. The van der Waals surface area contributed by atoms with E-state index in [1.807, 2.05) is 5.01 Å². The maximum Gasteiger partial charge on any atom is 0.331 e. The van der Waals surface area contributed by atoms with E-state index in [1.165, 1.54) is 6.42 Å². The van der Waals surface area contributed by atoms with Crippen molar-refractivity contribution >= 4 is 12.0 Å². The van der Waals surface area contributed by atoms with Crippen LogP contribution in [0.3, 0.4) is 0 Å². The number of rotatable bonds is 3. The van der Waals surface area contributed by atoms with Crippen molar-refractivity contribution in [3.63, 3.8) is 0 Å². The number of urea groups is 1. The van der Waals surface area contributed by atoms with E-state index in [0.29, 0.717) is 13.1 Å². The summed E-state index contributed by atoms with van der Waals surface area (Å²) in [4.78, 5) is 23.9. The maximum absolute atomic E-state index is 11.8. The number of aliphatic carboxylic acids is 1. The molecular formula is C11H19N3O3. The number of carbonyl (C=O) groups excluding carboxylic acids is 1. The van der Waals surface area contributed by atoms with Crippen LogP contribution in [0.5, 0.6) is 0 Å². The highest BCUT2D eigenvalue weighted by Gasteiger charge is 2.32. The molecule has 0 unspecified atom stereocenters. The lowest BCUT2D eigenvalue weighted by Crippen LogP contribution is -2.58. The molecule has 6 nitrogen and oxygen atoms in total. The van der Waals surface area contributed by atoms with Gasteiger partial charge in [-0.1, -0.05) is 6.42 Å². The molecule has 2 fully saturated rings. The minimum Gasteiger partial charge on any atom is -0.481 e. The van der Waals surface area contributed by atoms with Crippen LogP contribution in [-0.2, 0) is 4.79 Å². The number of amides is 2. The summed E-state index contributed by atoms with van der Waals surface area (Å²) in [6, 6.07) is -0.0893. The molecule has 0 bridgehead atoms. The minimum absolute atomic E-state index is 0.0893. The summed E-state index contributed by atoms with van der Waals surface area (Å²) in [5.74, 6) is -0.661. The van der Waals surface area contributed by atoms with E-state index in [-0.39, 0.29) is 18.4 Å². The fourth-order valence-electron chi connectivity index (χ4n) is 2.32. The Morgan fingerprint density at radius 3 is 2.41 bits per heavy atom. The summed E-state index contributed by atoms with van der Waals surface area (Å²) in [6.45, 7) is 2.95. The van der Waals surface area contributed by atoms with Gasteiger partial charge in [0.2, 0.25) is 0 Å². The number of nitrogens with one attached hydrogen (secondary N) is 1. The molecule has 0 aliphatic carbocycles. The number of hydrogen-bond donors (Lipinski definition) is 2. The van der Waals surface area contributed by atoms with E-state index in [9.17, 15) is 9.59 Å². The van der Waals surface area contributed by atoms with Gasteiger partial charge in [0.25, 0.3) is 0 Å². The first-order chi connectivity index (χ1) is 8.15. The van der Waals surface area contributed by atoms with Gasteiger partial charge in [0.1, 0.15) is 0 Å². The number of carbonyl (C=O) groups is 2. The molecule has 17 heavy (non-hydrogen) atoms. The molecule has 2 aliphatic rings. The van der Waals surface area contributed by atoms with Crippen molar-refractivity contribution in [2.45, 2.75) is 25.7 Å². The molecule has 0 aromatic carbocycles. The molecule has 0 aromatic heterocycles. The summed E-state index contributed by atoms with van der Waals surface area (Å²) in [6.07, 6.45) is 3.65. The highest BCUT2D eigenvalue weighted by molar-refractivity contribution is 5.75. The quantitative estimate of drug-likeness (QED) is 0.755. The zero-order valence-corrected chi connectivity index (χ0v) is 9.89. The summed E-state index contributed by atoms with van der Waals surface area (Å²) in [5.41, 5.74) is 2.87. The predicted octanol–water partition coefficient (Wildman–Crippen LogP) is 0.503. The number of carboxylic acids is 1. The molecule has 2 rings (SSSR count). The molecule has 0 aromatic rings. The van der Waals surface area contributed by atoms with E-state index in [1.54, 1.807) is 4.90 Å². The van der Waals surface area contributed by atoms with Gasteiger partial charge in [-0.3, -0.25) is 10.2 Å². The standard InChI is InChI=1S/C11H19N3O3/c15-10(16)6-9-7-13(8-9)11(17)12-14-4-2-1-3-5-14/h9H,1-8H2,(H,12,17)(H,15,16). The van der Waals surface area contributed by atoms with Crippen LogP contribution < -0.4 is 5.43 Å². The molecule has 2 aliphatic heterocycles. The number of hydrogen-bond acceptors (Lipinski definition) is 3. The average molecular weight is 241 g/mol. The van der Waals surface area contributed by atoms with Crippen molar-refractivity contribution in [2.75, 3.05) is 26.2 Å². The molecular weight excluding hydrogens is 222 g/mol. The lowest BCUT2D eigenvalue weighted by molar-refractivity contribution is -0.139. The summed E-state index contributed by atoms with van der Waals surface area (Å²) in [7, 11) is 0. The summed E-state index contributed by atoms with van der Waals surface area (Å²) < 4.78 is 0. The van der Waals surface area contributed by atoms with Gasteiger partial charge in [-0.05, 0) is 12.8 Å². The van der Waals surface area contributed by atoms with Crippen LogP contribution in [-0.4, -0.2) is 53.2 Å². The Morgan fingerprint density at radius 1 is 1.18 bits per heavy atom. The number of carboxylic acid groups (broad SMARTS) is 1. The van der Waals surface area contributed by atoms with Gasteiger partial charge in [-0.15, -0.1) is 0 Å². The van der Waals surface area contributed by atoms with Crippen molar-refractivity contribution in [1.29, 1.82) is 0 Å². The summed E-state index contributed by atoms with van der Waals surface area (Å²) >= 11 is 0. The SMILES string of the molecule is O=C(O)CC1CN(C(=O)NN2CCCCC2)C1. The van der Waals surface area contributed by atoms with Gasteiger partial charge in [0.15, 0.2) is 0 Å². The zero-order chi connectivity index (χ0) is 12.3. The van der Waals surface area contributed by atoms with Crippen molar-refractivity contribution < 1.29 is 14.7 Å². The minimum atomic E-state index is -0.786. The van der Waals surface area contributed by atoms with Crippen molar-refractivity contribution in [1.82, 2.24) is 15.3 Å². The molecule has 2 saturated heterocycles. The fourth-order valence-corrected chi connectivity index (χ4v) is 2.32. The van der Waals surface area contributed by atoms with Crippen LogP contribution in [0.1, 0.15) is 25.7 Å². The highest BCUT2D eigenvalue weighted by atomic mass is 16.4. The maximum atomic E-state index is 11.8. The Kier molecular flexibility index (Phi) is 3.83. The Morgan fingerprint density at radius 2 is 1.82 bits per heavy atom. The van der Waals surface area contributed by atoms with Crippen LogP contribution in [0.4, 0.5) is 4.79 Å². The Hall–Kier alpha value is -1.30. The largest absolute Gasteiger partial charge is 0.481 e. The third-order valence-corrected chi connectivity index (χ3v) is 3.32. The van der Waals surface area contributed by atoms with E-state index in [4.69, 9.17) is 5.11 Å². The molecule has 6 heteroatoms. The molecule has 0 radical (unpaired) electrons. The van der Waals surface area contributed by atoms with Crippen LogP contribution >= 0.6 is 0 Å². The lowest BCUT2D eigenvalue weighted by atomic mass is 9.97. The Labute approximate surface area is 101 Å². The monoisotopic (exact) mass is 241 g/mol. The van der Waals surface area contributed by atoms with E-state index in [2.05, 4.69) is 5.43 Å². The first-order valence-corrected chi connectivity index (χ1v) is 6.17. The predicted molar refractivity (Wildman–Crippen MR) is 61.3 cm³/mol. The van der Waals surface area contributed by atoms with Crippen molar-refractivity contribution in [3.05, 3.63) is 0 Å². The highest BCUT2D eigenvalue weighted by Crippen LogP contribution is 2.19. The molecule has 0 atom stereocenters. The second kappa shape index (κ2) is 5.35. The molecule has 2 N–H and O–H groups in total. The van der Waals surface area contributed by atoms with Gasteiger partial charge < -0.3 is 10.0 Å². The topological polar surface area (TPSA) is 72.9 Å². The second-order valence-corrected chi connectivity index (χ2v) is 4.83.